The quantitative estimate of drug-likeness (QED) is 0.829. The van der Waals surface area contributed by atoms with E-state index in [4.69, 9.17) is 9.47 Å². The Bertz CT molecular complexity index is 975. The van der Waals surface area contributed by atoms with Crippen LogP contribution in [0.1, 0.15) is 6.42 Å². The molecule has 2 aromatic rings. The van der Waals surface area contributed by atoms with E-state index in [1.54, 1.807) is 59.4 Å². The minimum atomic E-state index is -0.802. The largest absolute Gasteiger partial charge is 0.497 e. The van der Waals surface area contributed by atoms with Gasteiger partial charge in [-0.3, -0.25) is 14.4 Å². The van der Waals surface area contributed by atoms with E-state index in [1.807, 2.05) is 6.07 Å². The average molecular weight is 409 g/mol. The fourth-order valence-electron chi connectivity index (χ4n) is 3.85. The Morgan fingerprint density at radius 3 is 2.53 bits per heavy atom. The zero-order valence-electron chi connectivity index (χ0n) is 16.8. The molecule has 2 aliphatic rings. The molecule has 0 unspecified atom stereocenters. The number of methoxy groups -OCH3 is 1. The summed E-state index contributed by atoms with van der Waals surface area (Å²) in [6.45, 7) is 0.386. The molecular formula is C22H23N3O5. The van der Waals surface area contributed by atoms with Crippen LogP contribution in [0.4, 0.5) is 11.4 Å². The summed E-state index contributed by atoms with van der Waals surface area (Å²) in [5.74, 6) is 0.0675. The van der Waals surface area contributed by atoms with Gasteiger partial charge in [0.15, 0.2) is 6.10 Å². The smallest absolute Gasteiger partial charge is 0.262 e. The molecule has 1 saturated heterocycles. The first-order valence-corrected chi connectivity index (χ1v) is 9.75. The summed E-state index contributed by atoms with van der Waals surface area (Å²) in [5.41, 5.74) is 1.33. The third-order valence-corrected chi connectivity index (χ3v) is 5.44. The highest BCUT2D eigenvalue weighted by molar-refractivity contribution is 6.05. The fraction of sp³-hybridized carbons (Fsp3) is 0.318. The predicted octanol–water partition coefficient (Wildman–Crippen LogP) is 1.59. The molecule has 3 amide bonds. The standard InChI is InChI=1S/C22H23N3O5/c1-23-21(27)19-13-25(17-5-3-4-6-18(17)30-19)22(28)14-11-20(26)24(12-14)15-7-9-16(29-2)10-8-15/h3-10,14,19H,11-13H2,1-2H3,(H,23,27)/t14-,19+/m0/s1. The van der Waals surface area contributed by atoms with Crippen LogP contribution >= 0.6 is 0 Å². The number of amides is 3. The molecule has 0 bridgehead atoms. The van der Waals surface area contributed by atoms with Gasteiger partial charge in [-0.15, -0.1) is 0 Å². The first-order chi connectivity index (χ1) is 14.5. The van der Waals surface area contributed by atoms with E-state index in [2.05, 4.69) is 5.32 Å². The Morgan fingerprint density at radius 1 is 1.10 bits per heavy atom. The zero-order chi connectivity index (χ0) is 21.3. The van der Waals surface area contributed by atoms with Gasteiger partial charge in [0, 0.05) is 25.7 Å². The minimum Gasteiger partial charge on any atom is -0.497 e. The Hall–Kier alpha value is -3.55. The first kappa shape index (κ1) is 19.8. The van der Waals surface area contributed by atoms with Crippen LogP contribution in [0.5, 0.6) is 11.5 Å². The second kappa shape index (κ2) is 8.06. The van der Waals surface area contributed by atoms with Crippen LogP contribution in [-0.2, 0) is 14.4 Å². The molecule has 2 heterocycles. The average Bonchev–Trinajstić information content (AvgIpc) is 3.18. The number of likely N-dealkylation sites (N-methyl/N-ethyl adjacent to an activating group) is 1. The third-order valence-electron chi connectivity index (χ3n) is 5.44. The number of carbonyl (C=O) groups excluding carboxylic acids is 3. The fourth-order valence-corrected chi connectivity index (χ4v) is 3.85. The molecule has 0 aromatic heterocycles. The second-order valence-electron chi connectivity index (χ2n) is 7.24. The maximum Gasteiger partial charge on any atom is 0.262 e. The molecule has 30 heavy (non-hydrogen) atoms. The number of nitrogens with one attached hydrogen (secondary N) is 1. The predicted molar refractivity (Wildman–Crippen MR) is 111 cm³/mol. The van der Waals surface area contributed by atoms with Gasteiger partial charge in [0.1, 0.15) is 11.5 Å². The van der Waals surface area contributed by atoms with Crippen LogP contribution < -0.4 is 24.6 Å². The SMILES string of the molecule is CNC(=O)[C@H]1CN(C(=O)[C@H]2CC(=O)N(c3ccc(OC)cc3)C2)c2ccccc2O1. The van der Waals surface area contributed by atoms with E-state index in [0.717, 1.165) is 5.69 Å². The Labute approximate surface area is 174 Å². The van der Waals surface area contributed by atoms with Gasteiger partial charge in [-0.25, -0.2) is 0 Å². The number of ether oxygens (including phenoxy) is 2. The highest BCUT2D eigenvalue weighted by Crippen LogP contribution is 2.36. The summed E-state index contributed by atoms with van der Waals surface area (Å²) in [4.78, 5) is 41.3. The molecule has 1 fully saturated rings. The highest BCUT2D eigenvalue weighted by Gasteiger charge is 2.41. The van der Waals surface area contributed by atoms with Crippen molar-refractivity contribution in [1.82, 2.24) is 5.32 Å². The van der Waals surface area contributed by atoms with Gasteiger partial charge < -0.3 is 24.6 Å². The van der Waals surface area contributed by atoms with E-state index in [9.17, 15) is 14.4 Å². The first-order valence-electron chi connectivity index (χ1n) is 9.75. The van der Waals surface area contributed by atoms with Gasteiger partial charge in [0.05, 0.1) is 25.3 Å². The van der Waals surface area contributed by atoms with Gasteiger partial charge in [-0.05, 0) is 36.4 Å². The van der Waals surface area contributed by atoms with Crippen LogP contribution in [0.3, 0.4) is 0 Å². The van der Waals surface area contributed by atoms with Crippen molar-refractivity contribution in [3.05, 3.63) is 48.5 Å². The van der Waals surface area contributed by atoms with Crippen LogP contribution in [0.2, 0.25) is 0 Å². The number of hydrogen-bond donors (Lipinski definition) is 1. The van der Waals surface area contributed by atoms with Crippen molar-refractivity contribution in [2.24, 2.45) is 5.92 Å². The molecule has 0 radical (unpaired) electrons. The van der Waals surface area contributed by atoms with Crippen molar-refractivity contribution in [3.8, 4) is 11.5 Å². The molecule has 8 heteroatoms. The van der Waals surface area contributed by atoms with Gasteiger partial charge in [-0.1, -0.05) is 12.1 Å². The molecule has 0 spiro atoms. The number of fused-ring (bicyclic) bond motifs is 1. The number of benzene rings is 2. The summed E-state index contributed by atoms with van der Waals surface area (Å²) in [5, 5.41) is 2.56. The van der Waals surface area contributed by atoms with Gasteiger partial charge in [0.2, 0.25) is 11.8 Å². The highest BCUT2D eigenvalue weighted by atomic mass is 16.5. The molecule has 2 atom stereocenters. The van der Waals surface area contributed by atoms with Crippen molar-refractivity contribution < 1.29 is 23.9 Å². The molecular weight excluding hydrogens is 386 g/mol. The molecule has 4 rings (SSSR count). The molecule has 0 saturated carbocycles. The normalized spacial score (nSPS) is 20.4. The lowest BCUT2D eigenvalue weighted by Gasteiger charge is -2.35. The third kappa shape index (κ3) is 3.56. The molecule has 1 N–H and O–H groups in total. The van der Waals surface area contributed by atoms with E-state index < -0.39 is 12.0 Å². The Kier molecular flexibility index (Phi) is 5.31. The molecule has 2 aliphatic heterocycles. The summed E-state index contributed by atoms with van der Waals surface area (Å²) >= 11 is 0. The number of anilines is 2. The van der Waals surface area contributed by atoms with Crippen LogP contribution in [-0.4, -0.2) is 51.1 Å². The molecule has 0 aliphatic carbocycles. The zero-order valence-corrected chi connectivity index (χ0v) is 16.8. The molecule has 8 nitrogen and oxygen atoms in total. The lowest BCUT2D eigenvalue weighted by Crippen LogP contribution is -2.51. The summed E-state index contributed by atoms with van der Waals surface area (Å²) in [6, 6.07) is 14.3. The number of carbonyl (C=O) groups is 3. The maximum absolute atomic E-state index is 13.4. The van der Waals surface area contributed by atoms with Gasteiger partial charge in [-0.2, -0.15) is 0 Å². The van der Waals surface area contributed by atoms with Crippen molar-refractivity contribution in [2.45, 2.75) is 12.5 Å². The number of rotatable bonds is 4. The lowest BCUT2D eigenvalue weighted by molar-refractivity contribution is -0.128. The lowest BCUT2D eigenvalue weighted by atomic mass is 10.0. The number of para-hydroxylation sites is 2. The Balaban J connectivity index is 1.56. The van der Waals surface area contributed by atoms with E-state index >= 15 is 0 Å². The number of hydrogen-bond acceptors (Lipinski definition) is 5. The summed E-state index contributed by atoms with van der Waals surface area (Å²) in [7, 11) is 3.11. The molecule has 2 aromatic carbocycles. The number of nitrogens with zero attached hydrogens (tertiary/aromatic N) is 2. The second-order valence-corrected chi connectivity index (χ2v) is 7.24. The van der Waals surface area contributed by atoms with E-state index in [1.165, 1.54) is 7.05 Å². The summed E-state index contributed by atoms with van der Waals surface area (Å²) < 4.78 is 10.9. The Morgan fingerprint density at radius 2 is 1.83 bits per heavy atom. The van der Waals surface area contributed by atoms with Crippen molar-refractivity contribution in [3.63, 3.8) is 0 Å². The van der Waals surface area contributed by atoms with E-state index in [0.29, 0.717) is 17.2 Å². The van der Waals surface area contributed by atoms with Crippen molar-refractivity contribution >= 4 is 29.1 Å². The van der Waals surface area contributed by atoms with Crippen LogP contribution in [0.25, 0.3) is 0 Å². The topological polar surface area (TPSA) is 88.2 Å². The van der Waals surface area contributed by atoms with Crippen LogP contribution in [0.15, 0.2) is 48.5 Å². The van der Waals surface area contributed by atoms with Gasteiger partial charge >= 0.3 is 0 Å². The van der Waals surface area contributed by atoms with E-state index in [-0.39, 0.29) is 37.2 Å². The monoisotopic (exact) mass is 409 g/mol. The van der Waals surface area contributed by atoms with Crippen molar-refractivity contribution in [1.29, 1.82) is 0 Å². The summed E-state index contributed by atoms with van der Waals surface area (Å²) in [6.07, 6.45) is -0.682. The van der Waals surface area contributed by atoms with Crippen LogP contribution in [0, 0.1) is 5.92 Å². The minimum absolute atomic E-state index is 0.0999. The van der Waals surface area contributed by atoms with Crippen molar-refractivity contribution in [2.75, 3.05) is 37.0 Å². The van der Waals surface area contributed by atoms with Gasteiger partial charge in [0.25, 0.3) is 5.91 Å². The molecule has 156 valence electrons. The maximum atomic E-state index is 13.4.